The second-order valence-corrected chi connectivity index (χ2v) is 10.1. The third-order valence-electron chi connectivity index (χ3n) is 6.87. The summed E-state index contributed by atoms with van der Waals surface area (Å²) in [5, 5.41) is 23.6. The number of piperidine rings is 1. The fraction of sp³-hybridized carbons (Fsp3) is 0.440. The number of aliphatic hydroxyl groups is 1. The first-order chi connectivity index (χ1) is 17.3. The van der Waals surface area contributed by atoms with Crippen molar-refractivity contribution in [1.82, 2.24) is 30.3 Å². The maximum absolute atomic E-state index is 12.9. The van der Waals surface area contributed by atoms with Crippen LogP contribution < -0.4 is 10.6 Å². The molecule has 0 bridgehead atoms. The number of likely N-dealkylation sites (tertiary alicyclic amines) is 1. The summed E-state index contributed by atoms with van der Waals surface area (Å²) in [5.74, 6) is 0.362. The van der Waals surface area contributed by atoms with Gasteiger partial charge in [-0.25, -0.2) is 9.67 Å². The zero-order valence-electron chi connectivity index (χ0n) is 19.9. The summed E-state index contributed by atoms with van der Waals surface area (Å²) < 4.78 is 39.9. The van der Waals surface area contributed by atoms with Crippen LogP contribution in [0.25, 0.3) is 6.20 Å². The molecule has 7 nitrogen and oxygen atoms in total. The normalized spacial score (nSPS) is 19.6. The summed E-state index contributed by atoms with van der Waals surface area (Å²) in [5.41, 5.74) is 3.83. The van der Waals surface area contributed by atoms with Gasteiger partial charge in [0.2, 0.25) is 0 Å². The highest BCUT2D eigenvalue weighted by molar-refractivity contribution is 7.09. The predicted octanol–water partition coefficient (Wildman–Crippen LogP) is 4.36. The first-order valence-corrected chi connectivity index (χ1v) is 12.9. The lowest BCUT2D eigenvalue weighted by atomic mass is 9.98. The van der Waals surface area contributed by atoms with Crippen molar-refractivity contribution in [3.63, 3.8) is 0 Å². The summed E-state index contributed by atoms with van der Waals surface area (Å²) in [6.45, 7) is 4.63. The van der Waals surface area contributed by atoms with Crippen molar-refractivity contribution < 1.29 is 18.3 Å². The number of thiazole rings is 1. The van der Waals surface area contributed by atoms with Gasteiger partial charge in [0.1, 0.15) is 6.17 Å². The van der Waals surface area contributed by atoms with Crippen LogP contribution in [0.4, 0.5) is 13.2 Å². The summed E-state index contributed by atoms with van der Waals surface area (Å²) in [4.78, 5) is 7.06. The van der Waals surface area contributed by atoms with Crippen molar-refractivity contribution in [2.75, 3.05) is 13.1 Å². The van der Waals surface area contributed by atoms with Crippen LogP contribution in [0.3, 0.4) is 0 Å². The zero-order chi connectivity index (χ0) is 25.3. The molecule has 1 aromatic carbocycles. The van der Waals surface area contributed by atoms with E-state index in [0.717, 1.165) is 53.8 Å². The minimum atomic E-state index is -4.44. The SMILES string of the molecule is Cc1cc(C(F)(F)F)nn1C=CN1CCC(c2nc(C3NCc4cccc(CO)c4CN3)cs2)CC1. The van der Waals surface area contributed by atoms with Crippen molar-refractivity contribution in [2.24, 2.45) is 0 Å². The highest BCUT2D eigenvalue weighted by Crippen LogP contribution is 2.32. The van der Waals surface area contributed by atoms with E-state index in [9.17, 15) is 18.3 Å². The number of benzene rings is 1. The highest BCUT2D eigenvalue weighted by atomic mass is 32.1. The van der Waals surface area contributed by atoms with Crippen molar-refractivity contribution in [2.45, 2.75) is 57.7 Å². The maximum atomic E-state index is 12.9. The van der Waals surface area contributed by atoms with Gasteiger partial charge < -0.3 is 10.0 Å². The van der Waals surface area contributed by atoms with Gasteiger partial charge in [-0.15, -0.1) is 11.3 Å². The molecule has 0 saturated carbocycles. The number of aromatic nitrogens is 3. The van der Waals surface area contributed by atoms with E-state index >= 15 is 0 Å². The Morgan fingerprint density at radius 3 is 2.67 bits per heavy atom. The van der Waals surface area contributed by atoms with Crippen molar-refractivity contribution in [3.8, 4) is 0 Å². The van der Waals surface area contributed by atoms with Gasteiger partial charge in [0, 0.05) is 55.6 Å². The molecule has 0 amide bonds. The number of nitrogens with one attached hydrogen (secondary N) is 2. The highest BCUT2D eigenvalue weighted by Gasteiger charge is 2.34. The Kier molecular flexibility index (Phi) is 7.16. The molecule has 2 aliphatic heterocycles. The number of nitrogens with zero attached hydrogens (tertiary/aromatic N) is 4. The Labute approximate surface area is 211 Å². The zero-order valence-corrected chi connectivity index (χ0v) is 20.7. The van der Waals surface area contributed by atoms with Gasteiger partial charge in [0.15, 0.2) is 5.69 Å². The van der Waals surface area contributed by atoms with Crippen molar-refractivity contribution >= 4 is 17.5 Å². The van der Waals surface area contributed by atoms with E-state index in [0.29, 0.717) is 24.7 Å². The van der Waals surface area contributed by atoms with E-state index in [1.165, 1.54) is 10.2 Å². The van der Waals surface area contributed by atoms with Gasteiger partial charge in [-0.3, -0.25) is 10.6 Å². The Morgan fingerprint density at radius 1 is 1.17 bits per heavy atom. The standard InChI is InChI=1S/C25H29F3N6OS/c1-16-11-22(25(26,27)28)32-34(16)10-9-33-7-5-17(6-8-33)24-31-21(15-36-24)23-29-12-18-3-2-4-19(14-35)20(18)13-30-23/h2-4,9-11,15,17,23,29-30,35H,5-8,12-14H2,1H3. The summed E-state index contributed by atoms with van der Waals surface area (Å²) in [6.07, 6.45) is 0.774. The van der Waals surface area contributed by atoms with E-state index in [4.69, 9.17) is 4.98 Å². The molecule has 11 heteroatoms. The lowest BCUT2D eigenvalue weighted by Gasteiger charge is -2.30. The van der Waals surface area contributed by atoms with Crippen LogP contribution in [0, 0.1) is 6.92 Å². The number of hydrogen-bond acceptors (Lipinski definition) is 7. The van der Waals surface area contributed by atoms with Gasteiger partial charge in [-0.2, -0.15) is 18.3 Å². The monoisotopic (exact) mass is 518 g/mol. The number of fused-ring (bicyclic) bond motifs is 1. The molecule has 5 rings (SSSR count). The van der Waals surface area contributed by atoms with E-state index < -0.39 is 11.9 Å². The Morgan fingerprint density at radius 2 is 1.94 bits per heavy atom. The summed E-state index contributed by atoms with van der Waals surface area (Å²) in [6, 6.07) is 7.08. The molecule has 1 atom stereocenters. The molecule has 1 saturated heterocycles. The molecule has 2 aromatic heterocycles. The average molecular weight is 519 g/mol. The maximum Gasteiger partial charge on any atom is 0.435 e. The van der Waals surface area contributed by atoms with Crippen molar-refractivity contribution in [3.05, 3.63) is 74.6 Å². The molecule has 1 unspecified atom stereocenters. The van der Waals surface area contributed by atoms with Gasteiger partial charge >= 0.3 is 6.18 Å². The van der Waals surface area contributed by atoms with Crippen LogP contribution in [0.5, 0.6) is 0 Å². The fourth-order valence-corrected chi connectivity index (χ4v) is 5.79. The minimum absolute atomic E-state index is 0.0282. The van der Waals surface area contributed by atoms with E-state index in [2.05, 4.69) is 32.1 Å². The lowest BCUT2D eigenvalue weighted by Crippen LogP contribution is -2.31. The van der Waals surface area contributed by atoms with Crippen LogP contribution in [-0.2, 0) is 25.9 Å². The van der Waals surface area contributed by atoms with Crippen LogP contribution in [-0.4, -0.2) is 37.9 Å². The van der Waals surface area contributed by atoms with Crippen LogP contribution in [0.2, 0.25) is 0 Å². The molecule has 36 heavy (non-hydrogen) atoms. The Hall–Kier alpha value is -2.73. The molecule has 192 valence electrons. The van der Waals surface area contributed by atoms with Crippen LogP contribution >= 0.6 is 11.3 Å². The number of alkyl halides is 3. The molecular formula is C25H29F3N6OS. The molecule has 3 N–H and O–H groups in total. The molecule has 2 aliphatic rings. The second-order valence-electron chi connectivity index (χ2n) is 9.24. The molecule has 0 aliphatic carbocycles. The predicted molar refractivity (Wildman–Crippen MR) is 132 cm³/mol. The average Bonchev–Trinajstić information content (AvgIpc) is 3.44. The molecule has 4 heterocycles. The fourth-order valence-electron chi connectivity index (χ4n) is 4.78. The Bertz CT molecular complexity index is 1230. The molecular weight excluding hydrogens is 489 g/mol. The van der Waals surface area contributed by atoms with Gasteiger partial charge in [-0.05, 0) is 42.5 Å². The quantitative estimate of drug-likeness (QED) is 0.466. The largest absolute Gasteiger partial charge is 0.435 e. The number of halogens is 3. The third-order valence-corrected chi connectivity index (χ3v) is 7.89. The van der Waals surface area contributed by atoms with E-state index in [1.807, 2.05) is 18.3 Å². The summed E-state index contributed by atoms with van der Waals surface area (Å²) in [7, 11) is 0. The molecule has 3 aromatic rings. The van der Waals surface area contributed by atoms with E-state index in [1.54, 1.807) is 24.5 Å². The molecule has 0 radical (unpaired) electrons. The van der Waals surface area contributed by atoms with Gasteiger partial charge in [-0.1, -0.05) is 18.2 Å². The van der Waals surface area contributed by atoms with E-state index in [-0.39, 0.29) is 12.8 Å². The number of aliphatic hydroxyl groups excluding tert-OH is 1. The molecule has 0 spiro atoms. The number of aryl methyl sites for hydroxylation is 1. The smallest absolute Gasteiger partial charge is 0.392 e. The van der Waals surface area contributed by atoms with Gasteiger partial charge in [0.25, 0.3) is 0 Å². The second kappa shape index (κ2) is 10.3. The first-order valence-electron chi connectivity index (χ1n) is 12.0. The van der Waals surface area contributed by atoms with Gasteiger partial charge in [0.05, 0.1) is 17.3 Å². The number of hydrogen-bond donors (Lipinski definition) is 3. The Balaban J connectivity index is 1.17. The first kappa shape index (κ1) is 24.9. The summed E-state index contributed by atoms with van der Waals surface area (Å²) >= 11 is 1.68. The van der Waals surface area contributed by atoms with Crippen LogP contribution in [0.15, 0.2) is 35.8 Å². The topological polar surface area (TPSA) is 78.2 Å². The third kappa shape index (κ3) is 5.34. The lowest BCUT2D eigenvalue weighted by molar-refractivity contribution is -0.141. The molecule has 1 fully saturated rings. The minimum Gasteiger partial charge on any atom is -0.392 e. The van der Waals surface area contributed by atoms with Crippen LogP contribution in [0.1, 0.15) is 63.7 Å². The number of rotatable bonds is 5. The van der Waals surface area contributed by atoms with Crippen molar-refractivity contribution in [1.29, 1.82) is 0 Å².